The van der Waals surface area contributed by atoms with Gasteiger partial charge in [-0.15, -0.1) is 0 Å². The monoisotopic (exact) mass is 286 g/mol. The SMILES string of the molecule is CCCC1(CNC2CCCN(Cc3ccccc3)C2)CC1. The van der Waals surface area contributed by atoms with E-state index in [1.807, 2.05) is 0 Å². The number of hydrogen-bond acceptors (Lipinski definition) is 2. The highest BCUT2D eigenvalue weighted by atomic mass is 15.2. The zero-order valence-corrected chi connectivity index (χ0v) is 13.5. The van der Waals surface area contributed by atoms with Gasteiger partial charge >= 0.3 is 0 Å². The Morgan fingerprint density at radius 2 is 2.05 bits per heavy atom. The summed E-state index contributed by atoms with van der Waals surface area (Å²) in [4.78, 5) is 2.62. The Hall–Kier alpha value is -0.860. The Labute approximate surface area is 129 Å². The van der Waals surface area contributed by atoms with Crippen LogP contribution < -0.4 is 5.32 Å². The van der Waals surface area contributed by atoms with Gasteiger partial charge in [0.2, 0.25) is 0 Å². The van der Waals surface area contributed by atoms with Crippen molar-refractivity contribution in [2.75, 3.05) is 19.6 Å². The second-order valence-electron chi connectivity index (χ2n) is 7.19. The summed E-state index contributed by atoms with van der Waals surface area (Å²) in [5, 5.41) is 3.88. The molecule has 1 N–H and O–H groups in total. The molecule has 2 nitrogen and oxygen atoms in total. The summed E-state index contributed by atoms with van der Waals surface area (Å²) in [7, 11) is 0. The highest BCUT2D eigenvalue weighted by Gasteiger charge is 2.41. The molecule has 1 aliphatic carbocycles. The highest BCUT2D eigenvalue weighted by molar-refractivity contribution is 5.14. The third-order valence-corrected chi connectivity index (χ3v) is 5.26. The van der Waals surface area contributed by atoms with E-state index in [0.717, 1.165) is 6.54 Å². The molecular weight excluding hydrogens is 256 g/mol. The molecule has 0 bridgehead atoms. The lowest BCUT2D eigenvalue weighted by Gasteiger charge is -2.34. The fourth-order valence-corrected chi connectivity index (χ4v) is 3.79. The first kappa shape index (κ1) is 15.1. The van der Waals surface area contributed by atoms with E-state index in [1.165, 1.54) is 63.7 Å². The minimum atomic E-state index is 0.677. The van der Waals surface area contributed by atoms with Gasteiger partial charge in [-0.05, 0) is 49.6 Å². The van der Waals surface area contributed by atoms with Crippen LogP contribution in [0, 0.1) is 5.41 Å². The molecule has 1 heterocycles. The lowest BCUT2D eigenvalue weighted by molar-refractivity contribution is 0.178. The standard InChI is InChI=1S/C19H30N2/c1-2-10-19(11-12-19)16-20-18-9-6-13-21(15-18)14-17-7-4-3-5-8-17/h3-5,7-8,18,20H,2,6,9-16H2,1H3. The van der Waals surface area contributed by atoms with Crippen molar-refractivity contribution in [3.05, 3.63) is 35.9 Å². The van der Waals surface area contributed by atoms with Crippen LogP contribution in [0.15, 0.2) is 30.3 Å². The van der Waals surface area contributed by atoms with Gasteiger partial charge in [-0.25, -0.2) is 0 Å². The van der Waals surface area contributed by atoms with Gasteiger partial charge in [0, 0.05) is 25.7 Å². The number of benzene rings is 1. The summed E-state index contributed by atoms with van der Waals surface area (Å²) >= 11 is 0. The number of hydrogen-bond donors (Lipinski definition) is 1. The van der Waals surface area contributed by atoms with Gasteiger partial charge in [-0.3, -0.25) is 4.90 Å². The molecule has 0 spiro atoms. The Kier molecular flexibility index (Phi) is 4.97. The van der Waals surface area contributed by atoms with E-state index in [4.69, 9.17) is 0 Å². The largest absolute Gasteiger partial charge is 0.312 e. The molecule has 2 fully saturated rings. The van der Waals surface area contributed by atoms with Crippen molar-refractivity contribution in [2.24, 2.45) is 5.41 Å². The summed E-state index contributed by atoms with van der Waals surface area (Å²) in [5.74, 6) is 0. The topological polar surface area (TPSA) is 15.3 Å². The van der Waals surface area contributed by atoms with Crippen molar-refractivity contribution < 1.29 is 0 Å². The smallest absolute Gasteiger partial charge is 0.0234 e. The molecule has 1 atom stereocenters. The van der Waals surface area contributed by atoms with Crippen LogP contribution in [0.5, 0.6) is 0 Å². The van der Waals surface area contributed by atoms with Crippen LogP contribution in [0.3, 0.4) is 0 Å². The Morgan fingerprint density at radius 1 is 1.24 bits per heavy atom. The first-order valence-corrected chi connectivity index (χ1v) is 8.79. The molecule has 3 rings (SSSR count). The number of nitrogens with one attached hydrogen (secondary N) is 1. The molecule has 2 heteroatoms. The predicted octanol–water partition coefficient (Wildman–Crippen LogP) is 3.82. The molecule has 1 unspecified atom stereocenters. The van der Waals surface area contributed by atoms with Gasteiger partial charge in [0.1, 0.15) is 0 Å². The maximum absolute atomic E-state index is 3.88. The van der Waals surface area contributed by atoms with Crippen LogP contribution in [-0.2, 0) is 6.54 Å². The summed E-state index contributed by atoms with van der Waals surface area (Å²) in [6.45, 7) is 7.16. The van der Waals surface area contributed by atoms with Crippen LogP contribution >= 0.6 is 0 Å². The fraction of sp³-hybridized carbons (Fsp3) is 0.684. The molecule has 1 saturated carbocycles. The second kappa shape index (κ2) is 6.93. The van der Waals surface area contributed by atoms with Crippen molar-refractivity contribution >= 4 is 0 Å². The maximum atomic E-state index is 3.88. The summed E-state index contributed by atoms with van der Waals surface area (Å²) in [5.41, 5.74) is 2.12. The molecule has 0 amide bonds. The fourth-order valence-electron chi connectivity index (χ4n) is 3.79. The Balaban J connectivity index is 1.45. The van der Waals surface area contributed by atoms with Gasteiger partial charge in [-0.1, -0.05) is 43.7 Å². The van der Waals surface area contributed by atoms with Crippen molar-refractivity contribution in [3.63, 3.8) is 0 Å². The number of likely N-dealkylation sites (tertiary alicyclic amines) is 1. The van der Waals surface area contributed by atoms with E-state index in [9.17, 15) is 0 Å². The van der Waals surface area contributed by atoms with E-state index in [2.05, 4.69) is 47.5 Å². The van der Waals surface area contributed by atoms with Crippen molar-refractivity contribution in [3.8, 4) is 0 Å². The van der Waals surface area contributed by atoms with Gasteiger partial charge in [0.25, 0.3) is 0 Å². The van der Waals surface area contributed by atoms with Crippen LogP contribution in [0.25, 0.3) is 0 Å². The molecule has 2 aliphatic rings. The minimum absolute atomic E-state index is 0.677. The maximum Gasteiger partial charge on any atom is 0.0234 e. The lowest BCUT2D eigenvalue weighted by atomic mass is 9.98. The normalized spacial score (nSPS) is 24.9. The first-order valence-electron chi connectivity index (χ1n) is 8.79. The average Bonchev–Trinajstić information content (AvgIpc) is 3.27. The number of rotatable bonds is 7. The van der Waals surface area contributed by atoms with Crippen LogP contribution in [0.4, 0.5) is 0 Å². The Bertz CT molecular complexity index is 424. The van der Waals surface area contributed by atoms with Crippen LogP contribution in [0.1, 0.15) is 51.0 Å². The van der Waals surface area contributed by atoms with E-state index >= 15 is 0 Å². The molecular formula is C19H30N2. The van der Waals surface area contributed by atoms with Gasteiger partial charge in [-0.2, -0.15) is 0 Å². The van der Waals surface area contributed by atoms with Crippen molar-refractivity contribution in [1.82, 2.24) is 10.2 Å². The average molecular weight is 286 g/mol. The van der Waals surface area contributed by atoms with Gasteiger partial charge in [0.05, 0.1) is 0 Å². The molecule has 21 heavy (non-hydrogen) atoms. The van der Waals surface area contributed by atoms with E-state index in [1.54, 1.807) is 0 Å². The summed E-state index contributed by atoms with van der Waals surface area (Å²) in [6, 6.07) is 11.6. The molecule has 116 valence electrons. The summed E-state index contributed by atoms with van der Waals surface area (Å²) in [6.07, 6.45) is 8.36. The van der Waals surface area contributed by atoms with Crippen molar-refractivity contribution in [1.29, 1.82) is 0 Å². The Morgan fingerprint density at radius 3 is 2.76 bits per heavy atom. The quantitative estimate of drug-likeness (QED) is 0.819. The number of piperidine rings is 1. The van der Waals surface area contributed by atoms with Crippen LogP contribution in [0.2, 0.25) is 0 Å². The third kappa shape index (κ3) is 4.31. The van der Waals surface area contributed by atoms with Gasteiger partial charge in [0.15, 0.2) is 0 Å². The summed E-state index contributed by atoms with van der Waals surface area (Å²) < 4.78 is 0. The zero-order chi connectivity index (χ0) is 14.5. The second-order valence-corrected chi connectivity index (χ2v) is 7.19. The van der Waals surface area contributed by atoms with Gasteiger partial charge < -0.3 is 5.32 Å². The van der Waals surface area contributed by atoms with Crippen molar-refractivity contribution in [2.45, 2.75) is 58.0 Å². The molecule has 1 aromatic rings. The molecule has 1 saturated heterocycles. The van der Waals surface area contributed by atoms with E-state index in [-0.39, 0.29) is 0 Å². The predicted molar refractivity (Wildman–Crippen MR) is 89.3 cm³/mol. The lowest BCUT2D eigenvalue weighted by Crippen LogP contribution is -2.46. The highest BCUT2D eigenvalue weighted by Crippen LogP contribution is 2.49. The zero-order valence-electron chi connectivity index (χ0n) is 13.5. The van der Waals surface area contributed by atoms with Crippen LogP contribution in [-0.4, -0.2) is 30.6 Å². The molecule has 1 aliphatic heterocycles. The van der Waals surface area contributed by atoms with E-state index < -0.39 is 0 Å². The minimum Gasteiger partial charge on any atom is -0.312 e. The molecule has 1 aromatic carbocycles. The number of nitrogens with zero attached hydrogens (tertiary/aromatic N) is 1. The molecule has 0 radical (unpaired) electrons. The van der Waals surface area contributed by atoms with E-state index in [0.29, 0.717) is 11.5 Å². The first-order chi connectivity index (χ1) is 10.3. The molecule has 0 aromatic heterocycles. The third-order valence-electron chi connectivity index (χ3n) is 5.26.